The third-order valence-corrected chi connectivity index (χ3v) is 3.96. The van der Waals surface area contributed by atoms with Crippen molar-refractivity contribution in [3.8, 4) is 0 Å². The highest BCUT2D eigenvalue weighted by Gasteiger charge is 2.18. The number of aryl methyl sites for hydroxylation is 1. The van der Waals surface area contributed by atoms with E-state index >= 15 is 0 Å². The summed E-state index contributed by atoms with van der Waals surface area (Å²) in [7, 11) is 1.75. The predicted octanol–water partition coefficient (Wildman–Crippen LogP) is 3.11. The zero-order valence-electron chi connectivity index (χ0n) is 14.1. The average molecular weight is 335 g/mol. The van der Waals surface area contributed by atoms with E-state index in [2.05, 4.69) is 10.4 Å². The van der Waals surface area contributed by atoms with Crippen LogP contribution in [-0.4, -0.2) is 22.3 Å². The van der Waals surface area contributed by atoms with Gasteiger partial charge < -0.3 is 10.1 Å². The molecule has 3 rings (SSSR count). The summed E-state index contributed by atoms with van der Waals surface area (Å²) in [5.41, 5.74) is 2.63. The molecule has 1 aromatic heterocycles. The summed E-state index contributed by atoms with van der Waals surface area (Å²) in [6.45, 7) is 0.897. The molecule has 1 amide bonds. The van der Waals surface area contributed by atoms with E-state index in [1.807, 2.05) is 60.7 Å². The largest absolute Gasteiger partial charge is 0.374 e. The molecule has 25 heavy (non-hydrogen) atoms. The van der Waals surface area contributed by atoms with Gasteiger partial charge in [0.25, 0.3) is 5.91 Å². The van der Waals surface area contributed by atoms with Crippen LogP contribution in [0.4, 0.5) is 0 Å². The Morgan fingerprint density at radius 3 is 2.40 bits per heavy atom. The van der Waals surface area contributed by atoms with Gasteiger partial charge in [-0.15, -0.1) is 0 Å². The molecular formula is C20H21N3O2. The Bertz CT molecular complexity index is 800. The van der Waals surface area contributed by atoms with Crippen molar-refractivity contribution in [2.45, 2.75) is 12.6 Å². The number of rotatable bonds is 7. The van der Waals surface area contributed by atoms with Gasteiger partial charge in [-0.25, -0.2) is 0 Å². The van der Waals surface area contributed by atoms with Gasteiger partial charge in [0.1, 0.15) is 5.69 Å². The Morgan fingerprint density at radius 2 is 1.76 bits per heavy atom. The first kappa shape index (κ1) is 16.9. The summed E-state index contributed by atoms with van der Waals surface area (Å²) in [5.74, 6) is -0.169. The Kier molecular flexibility index (Phi) is 5.59. The van der Waals surface area contributed by atoms with E-state index in [4.69, 9.17) is 4.74 Å². The summed E-state index contributed by atoms with van der Waals surface area (Å²) in [6.07, 6.45) is 1.61. The van der Waals surface area contributed by atoms with Crippen LogP contribution in [0.5, 0.6) is 0 Å². The second-order valence-electron chi connectivity index (χ2n) is 5.78. The molecule has 0 aliphatic heterocycles. The summed E-state index contributed by atoms with van der Waals surface area (Å²) in [5, 5.41) is 7.08. The number of nitrogens with one attached hydrogen (secondary N) is 1. The van der Waals surface area contributed by atoms with Gasteiger partial charge in [0.05, 0.1) is 19.3 Å². The lowest BCUT2D eigenvalue weighted by Gasteiger charge is -2.19. The maximum atomic E-state index is 12.5. The van der Waals surface area contributed by atoms with Crippen molar-refractivity contribution in [1.82, 2.24) is 15.1 Å². The predicted molar refractivity (Wildman–Crippen MR) is 96.0 cm³/mol. The van der Waals surface area contributed by atoms with Gasteiger partial charge in [0, 0.05) is 13.2 Å². The number of hydrogen-bond donors (Lipinski definition) is 1. The Hall–Kier alpha value is -2.92. The Labute approximate surface area is 147 Å². The van der Waals surface area contributed by atoms with E-state index in [0.717, 1.165) is 11.1 Å². The van der Waals surface area contributed by atoms with Crippen LogP contribution in [0.2, 0.25) is 0 Å². The van der Waals surface area contributed by atoms with E-state index < -0.39 is 0 Å². The molecule has 3 aromatic rings. The van der Waals surface area contributed by atoms with E-state index in [1.165, 1.54) is 0 Å². The van der Waals surface area contributed by atoms with E-state index in [1.54, 1.807) is 24.0 Å². The number of aromatic nitrogens is 2. The van der Waals surface area contributed by atoms with E-state index in [9.17, 15) is 4.79 Å². The fourth-order valence-electron chi connectivity index (χ4n) is 2.60. The Morgan fingerprint density at radius 1 is 1.08 bits per heavy atom. The zero-order valence-corrected chi connectivity index (χ0v) is 14.1. The quantitative estimate of drug-likeness (QED) is 0.722. The van der Waals surface area contributed by atoms with Gasteiger partial charge in [-0.1, -0.05) is 60.7 Å². The van der Waals surface area contributed by atoms with E-state index in [-0.39, 0.29) is 11.9 Å². The molecule has 2 aromatic carbocycles. The summed E-state index contributed by atoms with van der Waals surface area (Å²) >= 11 is 0. The first-order chi connectivity index (χ1) is 12.2. The van der Waals surface area contributed by atoms with Crippen molar-refractivity contribution in [2.75, 3.05) is 6.61 Å². The zero-order chi connectivity index (χ0) is 17.5. The molecule has 0 saturated heterocycles. The van der Waals surface area contributed by atoms with Gasteiger partial charge in [-0.2, -0.15) is 5.10 Å². The lowest BCUT2D eigenvalue weighted by Crippen LogP contribution is -2.32. The van der Waals surface area contributed by atoms with E-state index in [0.29, 0.717) is 18.9 Å². The summed E-state index contributed by atoms with van der Waals surface area (Å²) in [6, 6.07) is 21.3. The first-order valence-corrected chi connectivity index (χ1v) is 8.19. The minimum Gasteiger partial charge on any atom is -0.374 e. The molecule has 5 nitrogen and oxygen atoms in total. The molecule has 1 N–H and O–H groups in total. The smallest absolute Gasteiger partial charge is 0.270 e. The third kappa shape index (κ3) is 4.55. The molecule has 0 bridgehead atoms. The fraction of sp³-hybridized carbons (Fsp3) is 0.200. The molecule has 0 saturated carbocycles. The number of benzene rings is 2. The molecule has 0 radical (unpaired) electrons. The number of hydrogen-bond acceptors (Lipinski definition) is 3. The molecule has 0 aliphatic carbocycles. The number of carbonyl (C=O) groups is 1. The first-order valence-electron chi connectivity index (χ1n) is 8.19. The van der Waals surface area contributed by atoms with Crippen LogP contribution >= 0.6 is 0 Å². The molecule has 0 fully saturated rings. The second-order valence-corrected chi connectivity index (χ2v) is 5.78. The van der Waals surface area contributed by atoms with Crippen molar-refractivity contribution in [3.63, 3.8) is 0 Å². The van der Waals surface area contributed by atoms with Crippen molar-refractivity contribution in [3.05, 3.63) is 89.7 Å². The fourth-order valence-corrected chi connectivity index (χ4v) is 2.60. The maximum absolute atomic E-state index is 12.5. The molecule has 1 heterocycles. The normalized spacial score (nSPS) is 11.9. The number of amides is 1. The molecule has 0 unspecified atom stereocenters. The monoisotopic (exact) mass is 335 g/mol. The maximum Gasteiger partial charge on any atom is 0.270 e. The van der Waals surface area contributed by atoms with Crippen molar-refractivity contribution >= 4 is 5.91 Å². The standard InChI is InChI=1S/C20H21N3O2/c1-23-19(12-13-21-23)20(24)22-18(17-10-6-3-7-11-17)15-25-14-16-8-4-2-5-9-16/h2-13,18H,14-15H2,1H3,(H,22,24)/t18-/m1/s1. The number of carbonyl (C=O) groups excluding carboxylic acids is 1. The number of nitrogens with zero attached hydrogens (tertiary/aromatic N) is 2. The highest BCUT2D eigenvalue weighted by molar-refractivity contribution is 5.92. The van der Waals surface area contributed by atoms with Crippen molar-refractivity contribution < 1.29 is 9.53 Å². The lowest BCUT2D eigenvalue weighted by molar-refractivity contribution is 0.0790. The SMILES string of the molecule is Cn1nccc1C(=O)N[C@H](COCc1ccccc1)c1ccccc1. The van der Waals surface area contributed by atoms with Gasteiger partial charge in [-0.05, 0) is 17.2 Å². The summed E-state index contributed by atoms with van der Waals surface area (Å²) < 4.78 is 7.41. The molecule has 1 atom stereocenters. The van der Waals surface area contributed by atoms with Gasteiger partial charge in [0.15, 0.2) is 0 Å². The van der Waals surface area contributed by atoms with Crippen LogP contribution in [0.15, 0.2) is 72.9 Å². The van der Waals surface area contributed by atoms with Crippen molar-refractivity contribution in [2.24, 2.45) is 7.05 Å². The molecular weight excluding hydrogens is 314 g/mol. The second kappa shape index (κ2) is 8.26. The van der Waals surface area contributed by atoms with Crippen LogP contribution in [0.1, 0.15) is 27.7 Å². The van der Waals surface area contributed by atoms with Crippen LogP contribution in [0.25, 0.3) is 0 Å². The molecule has 0 spiro atoms. The van der Waals surface area contributed by atoms with Gasteiger partial charge in [0.2, 0.25) is 0 Å². The molecule has 5 heteroatoms. The van der Waals surface area contributed by atoms with Gasteiger partial charge >= 0.3 is 0 Å². The number of ether oxygens (including phenoxy) is 1. The lowest BCUT2D eigenvalue weighted by atomic mass is 10.1. The van der Waals surface area contributed by atoms with Gasteiger partial charge in [-0.3, -0.25) is 9.48 Å². The van der Waals surface area contributed by atoms with Crippen LogP contribution < -0.4 is 5.32 Å². The highest BCUT2D eigenvalue weighted by atomic mass is 16.5. The topological polar surface area (TPSA) is 56.2 Å². The Balaban J connectivity index is 1.67. The highest BCUT2D eigenvalue weighted by Crippen LogP contribution is 2.15. The minimum absolute atomic E-state index is 0.169. The van der Waals surface area contributed by atoms with Crippen molar-refractivity contribution in [1.29, 1.82) is 0 Å². The molecule has 0 aliphatic rings. The van der Waals surface area contributed by atoms with Crippen LogP contribution in [0, 0.1) is 0 Å². The van der Waals surface area contributed by atoms with Crippen LogP contribution in [-0.2, 0) is 18.4 Å². The minimum atomic E-state index is -0.229. The molecule has 128 valence electrons. The third-order valence-electron chi connectivity index (χ3n) is 3.96. The van der Waals surface area contributed by atoms with Crippen LogP contribution in [0.3, 0.4) is 0 Å². The summed E-state index contributed by atoms with van der Waals surface area (Å²) in [4.78, 5) is 12.5. The average Bonchev–Trinajstić information content (AvgIpc) is 3.08.